The van der Waals surface area contributed by atoms with Gasteiger partial charge in [0.1, 0.15) is 11.6 Å². The van der Waals surface area contributed by atoms with Crippen molar-refractivity contribution in [2.24, 2.45) is 0 Å². The number of thiocarbonyl (C=S) groups is 1. The summed E-state index contributed by atoms with van der Waals surface area (Å²) >= 11 is 5.73. The Morgan fingerprint density at radius 2 is 1.73 bits per heavy atom. The summed E-state index contributed by atoms with van der Waals surface area (Å²) in [6.07, 6.45) is 10.5. The minimum absolute atomic E-state index is 0.221. The topological polar surface area (TPSA) is 28.4 Å². The molecule has 1 aromatic carbocycles. The summed E-state index contributed by atoms with van der Waals surface area (Å²) in [4.78, 5) is 2.10. The summed E-state index contributed by atoms with van der Waals surface area (Å²) in [5.74, 6) is 0.649. The Balaban J connectivity index is 1.66. The van der Waals surface area contributed by atoms with Gasteiger partial charge >= 0.3 is 0 Å². The van der Waals surface area contributed by atoms with Gasteiger partial charge in [0.25, 0.3) is 0 Å². The molecule has 1 N–H and O–H groups in total. The summed E-state index contributed by atoms with van der Waals surface area (Å²) in [6.45, 7) is 1.22. The average Bonchev–Trinajstić information content (AvgIpc) is 3.11. The maximum Gasteiger partial charge on any atom is 0.169 e. The van der Waals surface area contributed by atoms with Crippen molar-refractivity contribution < 1.29 is 8.81 Å². The van der Waals surface area contributed by atoms with E-state index in [1.165, 1.54) is 57.1 Å². The van der Waals surface area contributed by atoms with Gasteiger partial charge in [-0.25, -0.2) is 4.39 Å². The first-order valence-electron chi connectivity index (χ1n) is 9.53. The highest BCUT2D eigenvalue weighted by Gasteiger charge is 2.17. The van der Waals surface area contributed by atoms with Crippen LogP contribution in [0.3, 0.4) is 0 Å². The lowest BCUT2D eigenvalue weighted by Gasteiger charge is -2.29. The van der Waals surface area contributed by atoms with Crippen LogP contribution in [0.5, 0.6) is 0 Å². The molecule has 26 heavy (non-hydrogen) atoms. The highest BCUT2D eigenvalue weighted by molar-refractivity contribution is 7.80. The van der Waals surface area contributed by atoms with E-state index in [0.717, 1.165) is 16.4 Å². The van der Waals surface area contributed by atoms with Crippen LogP contribution in [-0.4, -0.2) is 16.1 Å². The average molecular weight is 375 g/mol. The molecular formula is C21H27FN2OS. The second-order valence-corrected chi connectivity index (χ2v) is 7.44. The van der Waals surface area contributed by atoms with Crippen LogP contribution in [-0.2, 0) is 13.1 Å². The van der Waals surface area contributed by atoms with Crippen molar-refractivity contribution >= 4 is 17.3 Å². The molecule has 0 saturated heterocycles. The van der Waals surface area contributed by atoms with Gasteiger partial charge in [0, 0.05) is 12.6 Å². The maximum atomic E-state index is 13.2. The van der Waals surface area contributed by atoms with E-state index in [1.807, 2.05) is 24.3 Å². The zero-order valence-electron chi connectivity index (χ0n) is 15.1. The molecule has 3 rings (SSSR count). The van der Waals surface area contributed by atoms with E-state index in [4.69, 9.17) is 16.6 Å². The van der Waals surface area contributed by atoms with Crippen molar-refractivity contribution in [1.29, 1.82) is 0 Å². The van der Waals surface area contributed by atoms with Crippen LogP contribution in [0, 0.1) is 5.82 Å². The predicted octanol–water partition coefficient (Wildman–Crippen LogP) is 5.41. The van der Waals surface area contributed by atoms with E-state index in [9.17, 15) is 4.39 Å². The maximum absolute atomic E-state index is 13.2. The van der Waals surface area contributed by atoms with Crippen LogP contribution in [0.1, 0.15) is 56.3 Å². The molecule has 2 aromatic rings. The Morgan fingerprint density at radius 3 is 2.38 bits per heavy atom. The van der Waals surface area contributed by atoms with E-state index < -0.39 is 0 Å². The molecular weight excluding hydrogens is 347 g/mol. The van der Waals surface area contributed by atoms with Gasteiger partial charge in [-0.2, -0.15) is 0 Å². The molecule has 0 atom stereocenters. The van der Waals surface area contributed by atoms with Gasteiger partial charge in [-0.05, 0) is 54.9 Å². The van der Waals surface area contributed by atoms with Gasteiger partial charge in [-0.1, -0.05) is 44.2 Å². The number of hydrogen-bond acceptors (Lipinski definition) is 2. The fourth-order valence-electron chi connectivity index (χ4n) is 3.47. The van der Waals surface area contributed by atoms with Crippen LogP contribution >= 0.6 is 12.2 Å². The standard InChI is InChI=1S/C21H27FN2OS/c22-18-12-10-17(11-13-18)15-24(16-20-9-6-14-25-20)21(26)23-19-7-4-2-1-3-5-8-19/h6,9-14,19H,1-5,7-8,15-16H2,(H,23,26). The molecule has 0 radical (unpaired) electrons. The normalized spacial score (nSPS) is 15.9. The first-order chi connectivity index (χ1) is 12.7. The van der Waals surface area contributed by atoms with Crippen molar-refractivity contribution in [3.05, 3.63) is 59.8 Å². The molecule has 1 saturated carbocycles. The number of halogens is 1. The Bertz CT molecular complexity index is 664. The zero-order chi connectivity index (χ0) is 18.2. The van der Waals surface area contributed by atoms with Crippen molar-refractivity contribution in [1.82, 2.24) is 10.2 Å². The second kappa shape index (κ2) is 9.72. The molecule has 1 aliphatic carbocycles. The lowest BCUT2D eigenvalue weighted by molar-refractivity contribution is 0.338. The van der Waals surface area contributed by atoms with E-state index in [1.54, 1.807) is 6.26 Å². The minimum atomic E-state index is -0.221. The van der Waals surface area contributed by atoms with Crippen LogP contribution in [0.2, 0.25) is 0 Å². The van der Waals surface area contributed by atoms with Gasteiger partial charge < -0.3 is 14.6 Å². The fraction of sp³-hybridized carbons (Fsp3) is 0.476. The molecule has 0 spiro atoms. The molecule has 5 heteroatoms. The first kappa shape index (κ1) is 18.9. The van der Waals surface area contributed by atoms with Crippen molar-refractivity contribution in [2.45, 2.75) is 64.1 Å². The summed E-state index contributed by atoms with van der Waals surface area (Å²) in [5, 5.41) is 4.32. The summed E-state index contributed by atoms with van der Waals surface area (Å²) < 4.78 is 18.7. The number of nitrogens with zero attached hydrogens (tertiary/aromatic N) is 1. The molecule has 1 fully saturated rings. The summed E-state index contributed by atoms with van der Waals surface area (Å²) in [7, 11) is 0. The zero-order valence-corrected chi connectivity index (χ0v) is 15.9. The van der Waals surface area contributed by atoms with Crippen LogP contribution in [0.25, 0.3) is 0 Å². The number of nitrogens with one attached hydrogen (secondary N) is 1. The third-order valence-corrected chi connectivity index (χ3v) is 5.31. The molecule has 1 aromatic heterocycles. The molecule has 3 nitrogen and oxygen atoms in total. The summed E-state index contributed by atoms with van der Waals surface area (Å²) in [5.41, 5.74) is 1.03. The largest absolute Gasteiger partial charge is 0.467 e. The Hall–Kier alpha value is -1.88. The van der Waals surface area contributed by atoms with Gasteiger partial charge in [0.2, 0.25) is 0 Å². The third-order valence-electron chi connectivity index (χ3n) is 4.93. The minimum Gasteiger partial charge on any atom is -0.467 e. The smallest absolute Gasteiger partial charge is 0.169 e. The summed E-state index contributed by atoms with van der Waals surface area (Å²) in [6, 6.07) is 10.9. The van der Waals surface area contributed by atoms with Crippen molar-refractivity contribution in [2.75, 3.05) is 0 Å². The van der Waals surface area contributed by atoms with Gasteiger partial charge in [0.15, 0.2) is 5.11 Å². The van der Waals surface area contributed by atoms with E-state index in [0.29, 0.717) is 19.1 Å². The first-order valence-corrected chi connectivity index (χ1v) is 9.94. The van der Waals surface area contributed by atoms with Gasteiger partial charge in [-0.15, -0.1) is 0 Å². The highest BCUT2D eigenvalue weighted by Crippen LogP contribution is 2.18. The molecule has 0 aliphatic heterocycles. The number of furan rings is 1. The third kappa shape index (κ3) is 5.84. The number of hydrogen-bond donors (Lipinski definition) is 1. The molecule has 0 amide bonds. The Kier molecular flexibility index (Phi) is 7.06. The molecule has 0 unspecified atom stereocenters. The fourth-order valence-corrected chi connectivity index (χ4v) is 3.76. The molecule has 140 valence electrons. The van der Waals surface area contributed by atoms with Gasteiger partial charge in [0.05, 0.1) is 12.8 Å². The van der Waals surface area contributed by atoms with Crippen molar-refractivity contribution in [3.63, 3.8) is 0 Å². The van der Waals surface area contributed by atoms with Crippen molar-refractivity contribution in [3.8, 4) is 0 Å². The quantitative estimate of drug-likeness (QED) is 0.709. The SMILES string of the molecule is Fc1ccc(CN(Cc2ccco2)C(=S)NC2CCCCCCC2)cc1. The monoisotopic (exact) mass is 374 g/mol. The lowest BCUT2D eigenvalue weighted by Crippen LogP contribution is -2.44. The van der Waals surface area contributed by atoms with Gasteiger partial charge in [-0.3, -0.25) is 0 Å². The Morgan fingerprint density at radius 1 is 1.04 bits per heavy atom. The van der Waals surface area contributed by atoms with Crippen LogP contribution < -0.4 is 5.32 Å². The second-order valence-electron chi connectivity index (χ2n) is 7.05. The van der Waals surface area contributed by atoms with E-state index in [2.05, 4.69) is 10.2 Å². The molecule has 0 bridgehead atoms. The lowest BCUT2D eigenvalue weighted by atomic mass is 9.97. The number of rotatable bonds is 5. The van der Waals surface area contributed by atoms with Crippen LogP contribution in [0.15, 0.2) is 47.1 Å². The molecule has 1 aliphatic rings. The highest BCUT2D eigenvalue weighted by atomic mass is 32.1. The Labute approximate surface area is 160 Å². The van der Waals surface area contributed by atoms with Crippen LogP contribution in [0.4, 0.5) is 4.39 Å². The molecule has 1 heterocycles. The number of benzene rings is 1. The van der Waals surface area contributed by atoms with E-state index >= 15 is 0 Å². The predicted molar refractivity (Wildman–Crippen MR) is 106 cm³/mol. The van der Waals surface area contributed by atoms with E-state index in [-0.39, 0.29) is 5.82 Å².